The summed E-state index contributed by atoms with van der Waals surface area (Å²) in [6.45, 7) is 9.17. The molecule has 0 aromatic carbocycles. The summed E-state index contributed by atoms with van der Waals surface area (Å²) in [4.78, 5) is 0. The molecule has 0 bridgehead atoms. The Labute approximate surface area is 76.9 Å². The van der Waals surface area contributed by atoms with Gasteiger partial charge in [-0.2, -0.15) is 0 Å². The monoisotopic (exact) mass is 169 g/mol. The van der Waals surface area contributed by atoms with E-state index in [2.05, 4.69) is 33.0 Å². The smallest absolute Gasteiger partial charge is 0.00693 e. The van der Waals surface area contributed by atoms with Crippen LogP contribution in [0.2, 0.25) is 0 Å². The molecule has 1 aliphatic rings. The molecule has 0 aliphatic heterocycles. The zero-order valence-electron chi connectivity index (χ0n) is 8.93. The van der Waals surface area contributed by atoms with Gasteiger partial charge in [0, 0.05) is 12.1 Å². The lowest BCUT2D eigenvalue weighted by molar-refractivity contribution is 0.178. The van der Waals surface area contributed by atoms with E-state index in [0.29, 0.717) is 12.1 Å². The predicted octanol–water partition coefficient (Wildman–Crippen LogP) is 2.81. The average molecular weight is 169 g/mol. The highest BCUT2D eigenvalue weighted by Crippen LogP contribution is 2.34. The lowest BCUT2D eigenvalue weighted by Gasteiger charge is -2.36. The van der Waals surface area contributed by atoms with Crippen LogP contribution in [0.15, 0.2) is 0 Å². The molecule has 1 saturated carbocycles. The van der Waals surface area contributed by atoms with Crippen LogP contribution in [0, 0.1) is 11.8 Å². The molecule has 1 heteroatoms. The molecular weight excluding hydrogens is 146 g/mol. The molecule has 1 aliphatic carbocycles. The number of rotatable bonds is 4. The standard InChI is InChI=1S/C11H23N/c1-8(2)12-10(4)9(3)11-6-5-7-11/h8-12H,5-7H2,1-4H3. The van der Waals surface area contributed by atoms with Gasteiger partial charge in [0.1, 0.15) is 0 Å². The number of hydrogen-bond donors (Lipinski definition) is 1. The third kappa shape index (κ3) is 2.48. The summed E-state index contributed by atoms with van der Waals surface area (Å²) in [7, 11) is 0. The zero-order valence-corrected chi connectivity index (χ0v) is 8.93. The quantitative estimate of drug-likeness (QED) is 0.682. The van der Waals surface area contributed by atoms with Crippen molar-refractivity contribution in [1.82, 2.24) is 5.32 Å². The van der Waals surface area contributed by atoms with Gasteiger partial charge in [-0.1, -0.05) is 40.0 Å². The Kier molecular flexibility index (Phi) is 3.57. The van der Waals surface area contributed by atoms with Gasteiger partial charge < -0.3 is 5.32 Å². The molecule has 0 amide bonds. The minimum absolute atomic E-state index is 0.627. The molecule has 72 valence electrons. The summed E-state index contributed by atoms with van der Waals surface area (Å²) in [6, 6.07) is 1.32. The van der Waals surface area contributed by atoms with Crippen molar-refractivity contribution >= 4 is 0 Å². The van der Waals surface area contributed by atoms with Gasteiger partial charge >= 0.3 is 0 Å². The largest absolute Gasteiger partial charge is 0.312 e. The molecule has 1 fully saturated rings. The molecule has 0 spiro atoms. The van der Waals surface area contributed by atoms with Crippen molar-refractivity contribution in [3.63, 3.8) is 0 Å². The summed E-state index contributed by atoms with van der Waals surface area (Å²) in [6.07, 6.45) is 4.39. The maximum Gasteiger partial charge on any atom is 0.00693 e. The minimum Gasteiger partial charge on any atom is -0.312 e. The second-order valence-corrected chi connectivity index (χ2v) is 4.66. The van der Waals surface area contributed by atoms with E-state index in [-0.39, 0.29) is 0 Å². The Hall–Kier alpha value is -0.0400. The van der Waals surface area contributed by atoms with Crippen molar-refractivity contribution in [2.24, 2.45) is 11.8 Å². The second-order valence-electron chi connectivity index (χ2n) is 4.66. The van der Waals surface area contributed by atoms with Crippen molar-refractivity contribution in [3.05, 3.63) is 0 Å². The van der Waals surface area contributed by atoms with Gasteiger partial charge in [0.05, 0.1) is 0 Å². The molecule has 0 aromatic heterocycles. The van der Waals surface area contributed by atoms with Gasteiger partial charge in [-0.15, -0.1) is 0 Å². The molecule has 0 aromatic rings. The van der Waals surface area contributed by atoms with E-state index in [1.807, 2.05) is 0 Å². The summed E-state index contributed by atoms with van der Waals surface area (Å²) in [5.74, 6) is 1.87. The molecule has 2 unspecified atom stereocenters. The molecule has 2 atom stereocenters. The first-order valence-electron chi connectivity index (χ1n) is 5.37. The van der Waals surface area contributed by atoms with Gasteiger partial charge in [0.15, 0.2) is 0 Å². The normalized spacial score (nSPS) is 23.8. The highest BCUT2D eigenvalue weighted by atomic mass is 14.9. The predicted molar refractivity (Wildman–Crippen MR) is 54.2 cm³/mol. The third-order valence-electron chi connectivity index (χ3n) is 3.28. The molecule has 0 saturated heterocycles. The first-order chi connectivity index (χ1) is 5.61. The van der Waals surface area contributed by atoms with Crippen LogP contribution in [0.1, 0.15) is 47.0 Å². The maximum atomic E-state index is 3.59. The highest BCUT2D eigenvalue weighted by Gasteiger charge is 2.27. The van der Waals surface area contributed by atoms with Gasteiger partial charge in [-0.05, 0) is 18.8 Å². The summed E-state index contributed by atoms with van der Waals surface area (Å²) >= 11 is 0. The fourth-order valence-electron chi connectivity index (χ4n) is 2.05. The van der Waals surface area contributed by atoms with Crippen LogP contribution in [0.25, 0.3) is 0 Å². The van der Waals surface area contributed by atoms with E-state index in [9.17, 15) is 0 Å². The van der Waals surface area contributed by atoms with Crippen molar-refractivity contribution in [2.45, 2.75) is 59.0 Å². The minimum atomic E-state index is 0.627. The zero-order chi connectivity index (χ0) is 9.14. The number of hydrogen-bond acceptors (Lipinski definition) is 1. The molecule has 1 nitrogen and oxygen atoms in total. The molecule has 1 rings (SSSR count). The van der Waals surface area contributed by atoms with Crippen molar-refractivity contribution in [3.8, 4) is 0 Å². The first kappa shape index (κ1) is 10.0. The Morgan fingerprint density at radius 2 is 1.67 bits per heavy atom. The molecule has 0 radical (unpaired) electrons. The first-order valence-corrected chi connectivity index (χ1v) is 5.37. The summed E-state index contributed by atoms with van der Waals surface area (Å²) in [5.41, 5.74) is 0. The molecule has 12 heavy (non-hydrogen) atoms. The average Bonchev–Trinajstić information content (AvgIpc) is 1.81. The lowest BCUT2D eigenvalue weighted by atomic mass is 9.74. The van der Waals surface area contributed by atoms with E-state index >= 15 is 0 Å². The summed E-state index contributed by atoms with van der Waals surface area (Å²) < 4.78 is 0. The number of nitrogens with one attached hydrogen (secondary N) is 1. The van der Waals surface area contributed by atoms with Crippen LogP contribution < -0.4 is 5.32 Å². The second kappa shape index (κ2) is 4.27. The Morgan fingerprint density at radius 3 is 2.00 bits per heavy atom. The SMILES string of the molecule is CC(C)NC(C)C(C)C1CCC1. The van der Waals surface area contributed by atoms with E-state index in [0.717, 1.165) is 11.8 Å². The van der Waals surface area contributed by atoms with Gasteiger partial charge in [0.2, 0.25) is 0 Å². The van der Waals surface area contributed by atoms with Crippen LogP contribution in [0.3, 0.4) is 0 Å². The third-order valence-corrected chi connectivity index (χ3v) is 3.28. The Balaban J connectivity index is 2.24. The van der Waals surface area contributed by atoms with Crippen molar-refractivity contribution in [1.29, 1.82) is 0 Å². The van der Waals surface area contributed by atoms with Crippen LogP contribution >= 0.6 is 0 Å². The van der Waals surface area contributed by atoms with E-state index in [4.69, 9.17) is 0 Å². The van der Waals surface area contributed by atoms with Gasteiger partial charge in [-0.25, -0.2) is 0 Å². The van der Waals surface area contributed by atoms with E-state index in [1.54, 1.807) is 0 Å². The highest BCUT2D eigenvalue weighted by molar-refractivity contribution is 4.81. The van der Waals surface area contributed by atoms with Crippen LogP contribution in [0.4, 0.5) is 0 Å². The molecular formula is C11H23N. The Bertz CT molecular complexity index is 127. The van der Waals surface area contributed by atoms with E-state index in [1.165, 1.54) is 19.3 Å². The topological polar surface area (TPSA) is 12.0 Å². The lowest BCUT2D eigenvalue weighted by Crippen LogP contribution is -2.41. The molecule has 0 heterocycles. The van der Waals surface area contributed by atoms with Gasteiger partial charge in [-0.3, -0.25) is 0 Å². The van der Waals surface area contributed by atoms with Crippen molar-refractivity contribution in [2.75, 3.05) is 0 Å². The fraction of sp³-hybridized carbons (Fsp3) is 1.00. The van der Waals surface area contributed by atoms with Crippen LogP contribution in [-0.4, -0.2) is 12.1 Å². The van der Waals surface area contributed by atoms with Gasteiger partial charge in [0.25, 0.3) is 0 Å². The fourth-order valence-corrected chi connectivity index (χ4v) is 2.05. The molecule has 1 N–H and O–H groups in total. The Morgan fingerprint density at radius 1 is 1.08 bits per heavy atom. The maximum absolute atomic E-state index is 3.59. The van der Waals surface area contributed by atoms with Crippen LogP contribution in [-0.2, 0) is 0 Å². The van der Waals surface area contributed by atoms with Crippen LogP contribution in [0.5, 0.6) is 0 Å². The van der Waals surface area contributed by atoms with E-state index < -0.39 is 0 Å². The van der Waals surface area contributed by atoms with Crippen molar-refractivity contribution < 1.29 is 0 Å². The summed E-state index contributed by atoms with van der Waals surface area (Å²) in [5, 5.41) is 3.59.